The first-order valence-electron chi connectivity index (χ1n) is 6.25. The molecule has 2 aromatic heterocycles. The summed E-state index contributed by atoms with van der Waals surface area (Å²) in [5.41, 5.74) is 3.61. The number of nitrogen functional groups attached to an aromatic ring is 1. The first kappa shape index (κ1) is 13.9. The Labute approximate surface area is 117 Å². The molecule has 114 valence electrons. The maximum absolute atomic E-state index is 12.1. The van der Waals surface area contributed by atoms with E-state index in [1.54, 1.807) is 0 Å². The Morgan fingerprint density at radius 3 is 2.90 bits per heavy atom. The molecule has 21 heavy (non-hydrogen) atoms. The van der Waals surface area contributed by atoms with E-state index >= 15 is 0 Å². The second-order valence-electron chi connectivity index (χ2n) is 5.14. The van der Waals surface area contributed by atoms with Gasteiger partial charge >= 0.3 is 5.69 Å². The van der Waals surface area contributed by atoms with Crippen molar-refractivity contribution in [2.24, 2.45) is 0 Å². The normalized spacial score (nSPS) is 32.9. The summed E-state index contributed by atoms with van der Waals surface area (Å²) < 4.78 is 6.45. The fourth-order valence-electron chi connectivity index (χ4n) is 2.54. The predicted octanol–water partition coefficient (Wildman–Crippen LogP) is -2.30. The van der Waals surface area contributed by atoms with Gasteiger partial charge in [-0.05, 0) is 6.92 Å². The third kappa shape index (κ3) is 1.84. The zero-order chi connectivity index (χ0) is 15.4. The van der Waals surface area contributed by atoms with Gasteiger partial charge in [0.2, 0.25) is 0 Å². The van der Waals surface area contributed by atoms with Gasteiger partial charge in [-0.15, -0.1) is 0 Å². The molecule has 0 radical (unpaired) electrons. The van der Waals surface area contributed by atoms with Crippen LogP contribution in [0.15, 0.2) is 11.1 Å². The number of aliphatic hydroxyl groups excluding tert-OH is 2. The van der Waals surface area contributed by atoms with Crippen molar-refractivity contribution < 1.29 is 20.1 Å². The minimum absolute atomic E-state index is 0.0766. The average molecular weight is 297 g/mol. The second-order valence-corrected chi connectivity index (χ2v) is 5.14. The molecule has 3 rings (SSSR count). The average Bonchev–Trinajstić information content (AvgIpc) is 2.87. The molecule has 1 aliphatic heterocycles. The Balaban J connectivity index is 2.19. The minimum atomic E-state index is -1.79. The van der Waals surface area contributed by atoms with Crippen LogP contribution in [-0.4, -0.2) is 59.3 Å². The molecule has 6 N–H and O–H groups in total. The molecular formula is C11H15N5O5. The van der Waals surface area contributed by atoms with Crippen LogP contribution in [-0.2, 0) is 4.74 Å². The Kier molecular flexibility index (Phi) is 2.99. The third-order valence-corrected chi connectivity index (χ3v) is 3.70. The number of fused-ring (bicyclic) bond motifs is 1. The number of aromatic nitrogens is 4. The van der Waals surface area contributed by atoms with Crippen LogP contribution in [0.3, 0.4) is 0 Å². The largest absolute Gasteiger partial charge is 0.394 e. The van der Waals surface area contributed by atoms with Crippen LogP contribution >= 0.6 is 0 Å². The molecule has 1 saturated heterocycles. The van der Waals surface area contributed by atoms with Crippen molar-refractivity contribution in [3.05, 3.63) is 16.8 Å². The summed E-state index contributed by atoms with van der Waals surface area (Å²) in [5, 5.41) is 29.6. The van der Waals surface area contributed by atoms with E-state index in [1.807, 2.05) is 0 Å². The van der Waals surface area contributed by atoms with Crippen molar-refractivity contribution in [1.82, 2.24) is 19.5 Å². The Morgan fingerprint density at radius 2 is 2.29 bits per heavy atom. The third-order valence-electron chi connectivity index (χ3n) is 3.70. The van der Waals surface area contributed by atoms with Crippen molar-refractivity contribution in [2.45, 2.75) is 31.0 Å². The van der Waals surface area contributed by atoms with Gasteiger partial charge in [-0.1, -0.05) is 0 Å². The number of nitrogens with two attached hydrogens (primary N) is 1. The summed E-state index contributed by atoms with van der Waals surface area (Å²) in [6.45, 7) is 0.815. The Hall–Kier alpha value is -2.01. The number of nitrogens with one attached hydrogen (secondary N) is 1. The van der Waals surface area contributed by atoms with Crippen LogP contribution in [0, 0.1) is 0 Å². The van der Waals surface area contributed by atoms with Crippen molar-refractivity contribution in [3.63, 3.8) is 0 Å². The molecular weight excluding hydrogens is 282 g/mol. The van der Waals surface area contributed by atoms with Crippen molar-refractivity contribution in [1.29, 1.82) is 0 Å². The molecule has 4 atom stereocenters. The summed E-state index contributed by atoms with van der Waals surface area (Å²) in [6, 6.07) is 0. The summed E-state index contributed by atoms with van der Waals surface area (Å²) in [4.78, 5) is 22.3. The van der Waals surface area contributed by atoms with Crippen LogP contribution in [0.4, 0.5) is 5.82 Å². The van der Waals surface area contributed by atoms with Gasteiger partial charge in [-0.2, -0.15) is 0 Å². The molecule has 0 aromatic carbocycles. The molecule has 2 aromatic rings. The van der Waals surface area contributed by atoms with Crippen LogP contribution < -0.4 is 11.4 Å². The number of hydrogen-bond donors (Lipinski definition) is 5. The Bertz CT molecular complexity index is 738. The first-order valence-corrected chi connectivity index (χ1v) is 6.25. The van der Waals surface area contributed by atoms with Crippen molar-refractivity contribution >= 4 is 17.0 Å². The molecule has 0 saturated carbocycles. The van der Waals surface area contributed by atoms with Crippen LogP contribution in [0.1, 0.15) is 13.2 Å². The molecule has 0 bridgehead atoms. The van der Waals surface area contributed by atoms with Gasteiger partial charge in [0, 0.05) is 0 Å². The predicted molar refractivity (Wildman–Crippen MR) is 70.2 cm³/mol. The number of nitrogens with zero attached hydrogens (tertiary/aromatic N) is 3. The maximum atomic E-state index is 12.1. The lowest BCUT2D eigenvalue weighted by Gasteiger charge is -2.26. The summed E-state index contributed by atoms with van der Waals surface area (Å²) >= 11 is 0. The van der Waals surface area contributed by atoms with Gasteiger partial charge in [0.15, 0.2) is 17.7 Å². The number of aromatic amines is 1. The van der Waals surface area contributed by atoms with Crippen LogP contribution in [0.5, 0.6) is 0 Å². The lowest BCUT2D eigenvalue weighted by atomic mass is 9.96. The highest BCUT2D eigenvalue weighted by Crippen LogP contribution is 2.38. The number of hydrogen-bond acceptors (Lipinski definition) is 8. The van der Waals surface area contributed by atoms with E-state index in [-0.39, 0.29) is 17.0 Å². The van der Waals surface area contributed by atoms with Gasteiger partial charge < -0.3 is 30.8 Å². The monoisotopic (exact) mass is 297 g/mol. The topological polar surface area (TPSA) is 160 Å². The zero-order valence-electron chi connectivity index (χ0n) is 11.1. The fraction of sp³-hybridized carbons (Fsp3) is 0.545. The van der Waals surface area contributed by atoms with E-state index in [9.17, 15) is 20.1 Å². The molecule has 10 nitrogen and oxygen atoms in total. The molecule has 1 aliphatic rings. The molecule has 1 fully saturated rings. The van der Waals surface area contributed by atoms with E-state index in [0.29, 0.717) is 0 Å². The van der Waals surface area contributed by atoms with Crippen LogP contribution in [0.25, 0.3) is 11.2 Å². The molecule has 0 spiro atoms. The number of imidazole rings is 1. The molecule has 0 amide bonds. The van der Waals surface area contributed by atoms with E-state index < -0.39 is 36.3 Å². The van der Waals surface area contributed by atoms with Crippen molar-refractivity contribution in [3.8, 4) is 0 Å². The first-order chi connectivity index (χ1) is 9.87. The van der Waals surface area contributed by atoms with E-state index in [1.165, 1.54) is 13.3 Å². The number of rotatable bonds is 2. The quantitative estimate of drug-likeness (QED) is 0.414. The highest BCUT2D eigenvalue weighted by atomic mass is 16.6. The summed E-state index contributed by atoms with van der Waals surface area (Å²) in [7, 11) is 0. The standard InChI is InChI=1S/C11H15N5O5/c1-11(20)6(18)4(2-17)21-9(11)16-8-5(15-10(16)19)7(12)13-3-14-8/h3-4,6,9,17-18,20H,2H2,1H3,(H,15,19)(H2,12,13,14)/t4-,6-,9-,11-/m1/s1. The van der Waals surface area contributed by atoms with E-state index in [2.05, 4.69) is 15.0 Å². The number of aliphatic hydroxyl groups is 3. The highest BCUT2D eigenvalue weighted by molar-refractivity contribution is 5.81. The number of ether oxygens (including phenoxy) is 1. The SMILES string of the molecule is C[C@@]1(O)[C@H](O)[C@@H](CO)O[C@H]1n1c(=O)[nH]c2c(N)ncnc21. The smallest absolute Gasteiger partial charge is 0.330 e. The second kappa shape index (κ2) is 4.49. The highest BCUT2D eigenvalue weighted by Gasteiger charge is 2.53. The lowest BCUT2D eigenvalue weighted by Crippen LogP contribution is -2.45. The molecule has 0 unspecified atom stereocenters. The minimum Gasteiger partial charge on any atom is -0.394 e. The summed E-state index contributed by atoms with van der Waals surface area (Å²) in [6.07, 6.45) is -2.42. The van der Waals surface area contributed by atoms with Gasteiger partial charge in [-0.25, -0.2) is 19.3 Å². The van der Waals surface area contributed by atoms with E-state index in [0.717, 1.165) is 4.57 Å². The molecule has 3 heterocycles. The van der Waals surface area contributed by atoms with Crippen LogP contribution in [0.2, 0.25) is 0 Å². The number of H-pyrrole nitrogens is 1. The number of anilines is 1. The lowest BCUT2D eigenvalue weighted by molar-refractivity contribution is -0.0963. The van der Waals surface area contributed by atoms with Gasteiger partial charge in [0.25, 0.3) is 0 Å². The van der Waals surface area contributed by atoms with Gasteiger partial charge in [0.1, 0.15) is 29.7 Å². The molecule has 0 aliphatic carbocycles. The molecule has 10 heteroatoms. The van der Waals surface area contributed by atoms with Gasteiger partial charge in [0.05, 0.1) is 6.61 Å². The zero-order valence-corrected chi connectivity index (χ0v) is 11.1. The summed E-state index contributed by atoms with van der Waals surface area (Å²) in [5.74, 6) is 0.0766. The van der Waals surface area contributed by atoms with E-state index in [4.69, 9.17) is 10.5 Å². The Morgan fingerprint density at radius 1 is 1.57 bits per heavy atom. The van der Waals surface area contributed by atoms with Crippen molar-refractivity contribution in [2.75, 3.05) is 12.3 Å². The fourth-order valence-corrected chi connectivity index (χ4v) is 2.54. The maximum Gasteiger partial charge on any atom is 0.330 e. The van der Waals surface area contributed by atoms with Gasteiger partial charge in [-0.3, -0.25) is 0 Å².